The molecule has 1 unspecified atom stereocenters. The minimum absolute atomic E-state index is 0.208. The van der Waals surface area contributed by atoms with Crippen LogP contribution in [0.5, 0.6) is 6.01 Å². The van der Waals surface area contributed by atoms with Gasteiger partial charge in [0.25, 0.3) is 6.01 Å². The van der Waals surface area contributed by atoms with Crippen molar-refractivity contribution < 1.29 is 32.5 Å². The van der Waals surface area contributed by atoms with Crippen LogP contribution in [-0.4, -0.2) is 73.6 Å². The van der Waals surface area contributed by atoms with Crippen LogP contribution in [0.4, 0.5) is 18.9 Å². The highest BCUT2D eigenvalue weighted by atomic mass is 35.5. The molecule has 2 N–H and O–H groups in total. The van der Waals surface area contributed by atoms with Crippen molar-refractivity contribution in [3.63, 3.8) is 0 Å². The van der Waals surface area contributed by atoms with E-state index in [2.05, 4.69) is 20.1 Å². The molecule has 0 spiro atoms. The van der Waals surface area contributed by atoms with Gasteiger partial charge < -0.3 is 29.2 Å². The molecule has 3 aliphatic rings. The zero-order chi connectivity index (χ0) is 26.9. The maximum absolute atomic E-state index is 12.7. The first-order valence-corrected chi connectivity index (χ1v) is 12.7. The summed E-state index contributed by atoms with van der Waals surface area (Å²) in [5.74, 6) is 0. The van der Waals surface area contributed by atoms with Gasteiger partial charge in [-0.2, -0.15) is 23.3 Å². The summed E-state index contributed by atoms with van der Waals surface area (Å²) in [6, 6.07) is 9.59. The Morgan fingerprint density at radius 2 is 1.90 bits per heavy atom. The van der Waals surface area contributed by atoms with Crippen molar-refractivity contribution >= 4 is 28.5 Å². The molecule has 2 saturated heterocycles. The maximum Gasteiger partial charge on any atom is 0.408 e. The Labute approximate surface area is 224 Å². The molecule has 39 heavy (non-hydrogen) atoms. The molecule has 3 aromatic heterocycles. The Morgan fingerprint density at radius 1 is 1.10 bits per heavy atom. The van der Waals surface area contributed by atoms with Gasteiger partial charge in [-0.05, 0) is 18.2 Å². The molecule has 0 aliphatic carbocycles. The molecule has 4 aromatic rings. The molecule has 2 fully saturated rings. The Morgan fingerprint density at radius 3 is 2.67 bits per heavy atom. The third-order valence-electron chi connectivity index (χ3n) is 7.12. The SMILES string of the molecule is O[C@@H]1COC2[C@H](Oc3nc4nc(-c5ccc(N6Cc7cn(CC(F)(F)F)nc7C6)cc5)c(Cl)cc4[nH]3)CO[C@@H]21. The molecule has 3 aliphatic heterocycles. The van der Waals surface area contributed by atoms with Gasteiger partial charge in [0.05, 0.1) is 41.7 Å². The number of nitrogens with one attached hydrogen (secondary N) is 1. The fourth-order valence-corrected chi connectivity index (χ4v) is 5.59. The Bertz CT molecular complexity index is 1520. The molecule has 0 amide bonds. The molecule has 204 valence electrons. The fraction of sp³-hybridized carbons (Fsp3) is 0.400. The molecule has 0 radical (unpaired) electrons. The van der Waals surface area contributed by atoms with E-state index in [1.165, 1.54) is 6.20 Å². The third-order valence-corrected chi connectivity index (χ3v) is 7.41. The molecule has 1 aromatic carbocycles. The van der Waals surface area contributed by atoms with E-state index in [1.54, 1.807) is 6.07 Å². The van der Waals surface area contributed by atoms with Gasteiger partial charge in [-0.25, -0.2) is 4.98 Å². The van der Waals surface area contributed by atoms with Crippen molar-refractivity contribution in [2.24, 2.45) is 0 Å². The molecule has 14 heteroatoms. The lowest BCUT2D eigenvalue weighted by Gasteiger charge is -2.18. The number of H-pyrrole nitrogens is 1. The number of pyridine rings is 1. The Kier molecular flexibility index (Phi) is 5.74. The first kappa shape index (κ1) is 24.6. The van der Waals surface area contributed by atoms with Crippen LogP contribution in [0.15, 0.2) is 36.5 Å². The summed E-state index contributed by atoms with van der Waals surface area (Å²) in [6.45, 7) is 0.302. The van der Waals surface area contributed by atoms with E-state index in [-0.39, 0.29) is 25.3 Å². The van der Waals surface area contributed by atoms with E-state index < -0.39 is 31.0 Å². The highest BCUT2D eigenvalue weighted by Gasteiger charge is 2.48. The van der Waals surface area contributed by atoms with E-state index in [4.69, 9.17) is 25.8 Å². The van der Waals surface area contributed by atoms with Crippen LogP contribution in [0.25, 0.3) is 22.4 Å². The van der Waals surface area contributed by atoms with Gasteiger partial charge in [-0.1, -0.05) is 23.7 Å². The highest BCUT2D eigenvalue weighted by Crippen LogP contribution is 2.34. The number of hydrogen-bond acceptors (Lipinski definition) is 8. The van der Waals surface area contributed by atoms with Crippen LogP contribution in [0.2, 0.25) is 5.02 Å². The van der Waals surface area contributed by atoms with E-state index in [0.717, 1.165) is 21.5 Å². The van der Waals surface area contributed by atoms with Gasteiger partial charge in [0.15, 0.2) is 11.8 Å². The molecule has 4 atom stereocenters. The zero-order valence-corrected chi connectivity index (χ0v) is 21.0. The standard InChI is InChI=1S/C25H22ClF3N6O4/c26-15-5-16-23(32-24(30-16)39-19-10-38-21-18(36)9-37-22(19)21)31-20(15)12-1-3-14(4-2-12)34-6-13-7-35(11-25(27,28)29)33-17(13)8-34/h1-5,7,18-19,21-22,36H,6,8-11H2,(H,30,31,32)/t18-,19-,21-,22?/m1/s1. The predicted octanol–water partition coefficient (Wildman–Crippen LogP) is 3.46. The van der Waals surface area contributed by atoms with Crippen LogP contribution in [-0.2, 0) is 29.1 Å². The molecular formula is C25H22ClF3N6O4. The summed E-state index contributed by atoms with van der Waals surface area (Å²) >= 11 is 6.56. The normalized spacial score (nSPS) is 24.5. The Balaban J connectivity index is 1.06. The number of alkyl halides is 3. The summed E-state index contributed by atoms with van der Waals surface area (Å²) in [5, 5.41) is 14.4. The van der Waals surface area contributed by atoms with Crippen molar-refractivity contribution in [2.45, 2.75) is 50.2 Å². The van der Waals surface area contributed by atoms with Crippen LogP contribution >= 0.6 is 11.6 Å². The topological polar surface area (TPSA) is 111 Å². The van der Waals surface area contributed by atoms with Crippen LogP contribution in [0.1, 0.15) is 11.3 Å². The molecule has 0 bridgehead atoms. The van der Waals surface area contributed by atoms with Crippen molar-refractivity contribution in [1.29, 1.82) is 0 Å². The number of aliphatic hydroxyl groups excluding tert-OH is 1. The lowest BCUT2D eigenvalue weighted by Crippen LogP contribution is -2.34. The van der Waals surface area contributed by atoms with E-state index in [0.29, 0.717) is 40.7 Å². The number of benzene rings is 1. The van der Waals surface area contributed by atoms with E-state index >= 15 is 0 Å². The van der Waals surface area contributed by atoms with Gasteiger partial charge in [-0.3, -0.25) is 4.68 Å². The minimum Gasteiger partial charge on any atom is -0.456 e. The third kappa shape index (κ3) is 4.58. The second kappa shape index (κ2) is 9.08. The molecule has 10 nitrogen and oxygen atoms in total. The zero-order valence-electron chi connectivity index (χ0n) is 20.2. The van der Waals surface area contributed by atoms with E-state index in [9.17, 15) is 18.3 Å². The van der Waals surface area contributed by atoms with Crippen molar-refractivity contribution in [1.82, 2.24) is 24.7 Å². The number of aliphatic hydroxyl groups is 1. The number of anilines is 1. The summed E-state index contributed by atoms with van der Waals surface area (Å²) < 4.78 is 56.1. The molecular weight excluding hydrogens is 541 g/mol. The first-order valence-electron chi connectivity index (χ1n) is 12.3. The van der Waals surface area contributed by atoms with Gasteiger partial charge in [0.1, 0.15) is 24.9 Å². The van der Waals surface area contributed by atoms with Crippen molar-refractivity contribution in [3.8, 4) is 17.3 Å². The number of imidazole rings is 1. The van der Waals surface area contributed by atoms with E-state index in [1.807, 2.05) is 29.2 Å². The van der Waals surface area contributed by atoms with Crippen LogP contribution < -0.4 is 9.64 Å². The number of hydrogen-bond donors (Lipinski definition) is 2. The summed E-state index contributed by atoms with van der Waals surface area (Å²) in [6.07, 6.45) is -4.69. The number of rotatable bonds is 5. The summed E-state index contributed by atoms with van der Waals surface area (Å²) in [5.41, 5.74) is 4.70. The van der Waals surface area contributed by atoms with Gasteiger partial charge >= 0.3 is 6.18 Å². The minimum atomic E-state index is -4.30. The number of nitrogens with zero attached hydrogens (tertiary/aromatic N) is 5. The number of aromatic nitrogens is 5. The van der Waals surface area contributed by atoms with Crippen molar-refractivity contribution in [2.75, 3.05) is 18.1 Å². The average molecular weight is 563 g/mol. The van der Waals surface area contributed by atoms with Gasteiger partial charge in [0.2, 0.25) is 0 Å². The van der Waals surface area contributed by atoms with Gasteiger partial charge in [-0.15, -0.1) is 0 Å². The summed E-state index contributed by atoms with van der Waals surface area (Å²) in [7, 11) is 0. The molecule has 7 rings (SSSR count). The van der Waals surface area contributed by atoms with Gasteiger partial charge in [0, 0.05) is 29.6 Å². The fourth-order valence-electron chi connectivity index (χ4n) is 5.33. The predicted molar refractivity (Wildman–Crippen MR) is 132 cm³/mol. The largest absolute Gasteiger partial charge is 0.456 e. The number of halogens is 4. The monoisotopic (exact) mass is 562 g/mol. The number of fused-ring (bicyclic) bond motifs is 3. The number of ether oxygens (including phenoxy) is 3. The first-order chi connectivity index (χ1) is 18.7. The Hall–Kier alpha value is -3.39. The summed E-state index contributed by atoms with van der Waals surface area (Å²) in [4.78, 5) is 14.2. The molecule has 6 heterocycles. The highest BCUT2D eigenvalue weighted by molar-refractivity contribution is 6.33. The second-order valence-corrected chi connectivity index (χ2v) is 10.3. The smallest absolute Gasteiger partial charge is 0.408 e. The average Bonchev–Trinajstić information content (AvgIpc) is 3.67. The second-order valence-electron chi connectivity index (χ2n) is 9.87. The number of aromatic amines is 1. The quantitative estimate of drug-likeness (QED) is 0.381. The lowest BCUT2D eigenvalue weighted by molar-refractivity contribution is -0.142. The van der Waals surface area contributed by atoms with Crippen molar-refractivity contribution in [3.05, 3.63) is 52.8 Å². The maximum atomic E-state index is 12.7. The molecule has 0 saturated carbocycles. The lowest BCUT2D eigenvalue weighted by atomic mass is 10.1. The van der Waals surface area contributed by atoms with Crippen LogP contribution in [0.3, 0.4) is 0 Å². The van der Waals surface area contributed by atoms with Crippen LogP contribution in [0, 0.1) is 0 Å².